The molecule has 5 nitrogen and oxygen atoms in total. The van der Waals surface area contributed by atoms with Crippen LogP contribution in [0.2, 0.25) is 0 Å². The van der Waals surface area contributed by atoms with Crippen LogP contribution in [-0.4, -0.2) is 32.8 Å². The first-order valence-corrected chi connectivity index (χ1v) is 6.69. The van der Waals surface area contributed by atoms with Crippen LogP contribution in [0, 0.1) is 0 Å². The summed E-state index contributed by atoms with van der Waals surface area (Å²) in [7, 11) is 0. The zero-order chi connectivity index (χ0) is 15.8. The summed E-state index contributed by atoms with van der Waals surface area (Å²) >= 11 is 0. The summed E-state index contributed by atoms with van der Waals surface area (Å²) in [4.78, 5) is 13.8. The quantitative estimate of drug-likeness (QED) is 0.675. The molecule has 21 heavy (non-hydrogen) atoms. The van der Waals surface area contributed by atoms with Gasteiger partial charge in [0.15, 0.2) is 5.75 Å². The number of rotatable bonds is 9. The maximum absolute atomic E-state index is 11.8. The van der Waals surface area contributed by atoms with Gasteiger partial charge < -0.3 is 14.8 Å². The number of hydrogen-bond acceptors (Lipinski definition) is 4. The lowest BCUT2D eigenvalue weighted by Crippen LogP contribution is -2.28. The second-order valence-corrected chi connectivity index (χ2v) is 4.62. The van der Waals surface area contributed by atoms with Crippen LogP contribution in [0.3, 0.4) is 0 Å². The summed E-state index contributed by atoms with van der Waals surface area (Å²) < 4.78 is 1.70. The van der Waals surface area contributed by atoms with E-state index >= 15 is 0 Å². The fourth-order valence-corrected chi connectivity index (χ4v) is 2.17. The number of aromatic nitrogens is 1. The third-order valence-electron chi connectivity index (χ3n) is 3.10. The van der Waals surface area contributed by atoms with Gasteiger partial charge in [0.2, 0.25) is 5.43 Å². The number of hydrogen-bond donors (Lipinski definition) is 2. The summed E-state index contributed by atoms with van der Waals surface area (Å²) in [6.07, 6.45) is 5.14. The van der Waals surface area contributed by atoms with E-state index in [0.717, 1.165) is 0 Å². The lowest BCUT2D eigenvalue weighted by Gasteiger charge is -2.23. The number of aliphatic hydroxyl groups is 1. The van der Waals surface area contributed by atoms with Gasteiger partial charge in [-0.05, 0) is 0 Å². The van der Waals surface area contributed by atoms with Crippen LogP contribution < -0.4 is 5.43 Å². The number of allylic oxidation sites excluding steroid dienone is 1. The molecule has 0 bridgehead atoms. The Morgan fingerprint density at radius 3 is 2.29 bits per heavy atom. The highest BCUT2D eigenvalue weighted by molar-refractivity contribution is 5.30. The van der Waals surface area contributed by atoms with Gasteiger partial charge in [0.05, 0.1) is 12.3 Å². The van der Waals surface area contributed by atoms with Crippen LogP contribution in [0.5, 0.6) is 5.75 Å². The Kier molecular flexibility index (Phi) is 6.65. The summed E-state index contributed by atoms with van der Waals surface area (Å²) in [5.41, 5.74) is 0.409. The van der Waals surface area contributed by atoms with Gasteiger partial charge in [-0.3, -0.25) is 9.69 Å². The van der Waals surface area contributed by atoms with Crippen molar-refractivity contribution in [1.82, 2.24) is 9.47 Å². The molecule has 114 valence electrons. The first kappa shape index (κ1) is 16.9. The minimum atomic E-state index is -0.494. The number of aromatic hydroxyl groups is 1. The Hall–Kier alpha value is -2.11. The maximum atomic E-state index is 11.8. The van der Waals surface area contributed by atoms with Gasteiger partial charge in [-0.15, -0.1) is 19.7 Å². The average Bonchev–Trinajstić information content (AvgIpc) is 2.47. The van der Waals surface area contributed by atoms with Gasteiger partial charge >= 0.3 is 0 Å². The van der Waals surface area contributed by atoms with Crippen LogP contribution in [0.1, 0.15) is 11.4 Å². The first-order chi connectivity index (χ1) is 10.1. The second kappa shape index (κ2) is 8.24. The van der Waals surface area contributed by atoms with Gasteiger partial charge in [0.25, 0.3) is 0 Å². The minimum absolute atomic E-state index is 0.278. The van der Waals surface area contributed by atoms with Gasteiger partial charge in [0, 0.05) is 37.9 Å². The Bertz CT molecular complexity index is 566. The second-order valence-electron chi connectivity index (χ2n) is 4.62. The molecule has 0 spiro atoms. The minimum Gasteiger partial charge on any atom is -0.503 e. The van der Waals surface area contributed by atoms with E-state index in [2.05, 4.69) is 19.7 Å². The summed E-state index contributed by atoms with van der Waals surface area (Å²) in [6.45, 7) is 12.7. The molecule has 0 aromatic carbocycles. The number of nitrogens with zero attached hydrogens (tertiary/aromatic N) is 2. The van der Waals surface area contributed by atoms with Crippen molar-refractivity contribution in [3.63, 3.8) is 0 Å². The van der Waals surface area contributed by atoms with Crippen LogP contribution in [0.25, 0.3) is 0 Å². The van der Waals surface area contributed by atoms with Crippen LogP contribution in [0.15, 0.2) is 48.8 Å². The van der Waals surface area contributed by atoms with E-state index in [-0.39, 0.29) is 12.4 Å². The molecule has 0 aliphatic heterocycles. The molecule has 1 rings (SSSR count). The van der Waals surface area contributed by atoms with Crippen molar-refractivity contribution in [2.75, 3.05) is 13.1 Å². The van der Waals surface area contributed by atoms with E-state index in [1.54, 1.807) is 22.8 Å². The molecule has 0 amide bonds. The van der Waals surface area contributed by atoms with Crippen LogP contribution in [0.4, 0.5) is 0 Å². The Morgan fingerprint density at radius 1 is 1.19 bits per heavy atom. The van der Waals surface area contributed by atoms with Gasteiger partial charge in [0.1, 0.15) is 0 Å². The largest absolute Gasteiger partial charge is 0.503 e. The maximum Gasteiger partial charge on any atom is 0.223 e. The molecule has 0 aliphatic rings. The fraction of sp³-hybridized carbons (Fsp3) is 0.312. The van der Waals surface area contributed by atoms with E-state index in [1.807, 2.05) is 4.90 Å². The molecule has 5 heteroatoms. The predicted octanol–water partition coefficient (Wildman–Crippen LogP) is 1.41. The van der Waals surface area contributed by atoms with E-state index < -0.39 is 5.43 Å². The van der Waals surface area contributed by atoms with Crippen molar-refractivity contribution in [2.45, 2.75) is 19.7 Å². The standard InChI is InChI=1S/C16H22N2O3/c1-4-7-17(8-5-2)11-14-16(21)15(20)10-13(12-19)18(14)9-6-3/h4-6,10,19,21H,1-3,7-9,11-12H2. The van der Waals surface area contributed by atoms with Crippen molar-refractivity contribution in [1.29, 1.82) is 0 Å². The van der Waals surface area contributed by atoms with Crippen molar-refractivity contribution in [3.05, 3.63) is 65.6 Å². The lowest BCUT2D eigenvalue weighted by molar-refractivity contribution is 0.263. The zero-order valence-corrected chi connectivity index (χ0v) is 12.2. The summed E-state index contributed by atoms with van der Waals surface area (Å²) in [6, 6.07) is 1.24. The van der Waals surface area contributed by atoms with Gasteiger partial charge in [-0.1, -0.05) is 18.2 Å². The molecule has 0 radical (unpaired) electrons. The molecule has 0 unspecified atom stereocenters. The third kappa shape index (κ3) is 4.18. The third-order valence-corrected chi connectivity index (χ3v) is 3.10. The molecule has 0 atom stereocenters. The monoisotopic (exact) mass is 290 g/mol. The number of pyridine rings is 1. The van der Waals surface area contributed by atoms with Crippen molar-refractivity contribution in [3.8, 4) is 5.75 Å². The topological polar surface area (TPSA) is 65.7 Å². The molecular formula is C16H22N2O3. The van der Waals surface area contributed by atoms with Crippen molar-refractivity contribution in [2.24, 2.45) is 0 Å². The van der Waals surface area contributed by atoms with E-state index in [0.29, 0.717) is 37.6 Å². The highest BCUT2D eigenvalue weighted by Crippen LogP contribution is 2.17. The molecule has 1 aromatic rings. The normalized spacial score (nSPS) is 10.6. The molecule has 1 aromatic heterocycles. The first-order valence-electron chi connectivity index (χ1n) is 6.69. The Balaban J connectivity index is 3.32. The van der Waals surface area contributed by atoms with Gasteiger partial charge in [-0.2, -0.15) is 0 Å². The molecule has 1 heterocycles. The number of aliphatic hydroxyl groups excluding tert-OH is 1. The molecule has 0 saturated heterocycles. The molecular weight excluding hydrogens is 268 g/mol. The summed E-state index contributed by atoms with van der Waals surface area (Å²) in [5.74, 6) is -0.299. The molecule has 0 fully saturated rings. The summed E-state index contributed by atoms with van der Waals surface area (Å²) in [5, 5.41) is 19.5. The highest BCUT2D eigenvalue weighted by atomic mass is 16.3. The highest BCUT2D eigenvalue weighted by Gasteiger charge is 2.16. The van der Waals surface area contributed by atoms with Crippen LogP contribution >= 0.6 is 0 Å². The predicted molar refractivity (Wildman–Crippen MR) is 84.2 cm³/mol. The van der Waals surface area contributed by atoms with Crippen molar-refractivity contribution >= 4 is 0 Å². The zero-order valence-electron chi connectivity index (χ0n) is 12.2. The van der Waals surface area contributed by atoms with Crippen molar-refractivity contribution < 1.29 is 10.2 Å². The fourth-order valence-electron chi connectivity index (χ4n) is 2.17. The van der Waals surface area contributed by atoms with Gasteiger partial charge in [-0.25, -0.2) is 0 Å². The Morgan fingerprint density at radius 2 is 1.81 bits per heavy atom. The lowest BCUT2D eigenvalue weighted by atomic mass is 10.2. The molecule has 2 N–H and O–H groups in total. The Labute approximate surface area is 124 Å². The van der Waals surface area contributed by atoms with E-state index in [9.17, 15) is 15.0 Å². The smallest absolute Gasteiger partial charge is 0.223 e. The average molecular weight is 290 g/mol. The SMILES string of the molecule is C=CCN(CC=C)Cc1c(O)c(=O)cc(CO)n1CC=C. The molecule has 0 aliphatic carbocycles. The van der Waals surface area contributed by atoms with Crippen LogP contribution in [-0.2, 0) is 19.7 Å². The molecule has 0 saturated carbocycles. The van der Waals surface area contributed by atoms with E-state index in [4.69, 9.17) is 0 Å². The van der Waals surface area contributed by atoms with E-state index in [1.165, 1.54) is 6.07 Å².